The number of amides is 2. The van der Waals surface area contributed by atoms with E-state index in [2.05, 4.69) is 20.7 Å². The lowest BCUT2D eigenvalue weighted by atomic mass is 9.95. The molecule has 10 heteroatoms. The van der Waals surface area contributed by atoms with E-state index in [1.807, 2.05) is 0 Å². The number of carbonyl (C=O) groups excluding carboxylic acids is 2. The van der Waals surface area contributed by atoms with Crippen molar-refractivity contribution in [1.29, 1.82) is 0 Å². The molecule has 2 aromatic rings. The van der Waals surface area contributed by atoms with Gasteiger partial charge < -0.3 is 15.4 Å². The molecule has 8 nitrogen and oxygen atoms in total. The molecule has 0 unspecified atom stereocenters. The van der Waals surface area contributed by atoms with E-state index in [0.717, 1.165) is 0 Å². The maximum atomic E-state index is 12.5. The van der Waals surface area contributed by atoms with Gasteiger partial charge in [-0.1, -0.05) is 41.6 Å². The third-order valence-corrected chi connectivity index (χ3v) is 5.20. The Morgan fingerprint density at radius 1 is 1.42 bits per heavy atom. The Hall–Kier alpha value is -2.52. The molecule has 2 N–H and O–H groups in total. The number of rotatable bonds is 5. The number of halogens is 1. The van der Waals surface area contributed by atoms with Crippen LogP contribution in [0.3, 0.4) is 0 Å². The number of hydrogen-bond donors (Lipinski definition) is 2. The zero-order chi connectivity index (χ0) is 18.7. The number of benzene rings is 1. The van der Waals surface area contributed by atoms with Crippen LogP contribution in [0, 0.1) is 0 Å². The zero-order valence-corrected chi connectivity index (χ0v) is 15.6. The highest BCUT2D eigenvalue weighted by molar-refractivity contribution is 7.99. The first kappa shape index (κ1) is 18.3. The number of methoxy groups -OCH3 is 1. The minimum absolute atomic E-state index is 0.301. The summed E-state index contributed by atoms with van der Waals surface area (Å²) < 4.78 is 6.54. The van der Waals surface area contributed by atoms with E-state index >= 15 is 0 Å². The molecule has 0 fully saturated rings. The molecule has 0 saturated heterocycles. The fourth-order valence-electron chi connectivity index (χ4n) is 2.58. The number of urea groups is 1. The van der Waals surface area contributed by atoms with E-state index in [-0.39, 0.29) is 0 Å². The van der Waals surface area contributed by atoms with Crippen LogP contribution in [0.15, 0.2) is 47.0 Å². The molecular weight excluding hydrogens is 378 g/mol. The Labute approximate surface area is 159 Å². The minimum atomic E-state index is -0.708. The lowest BCUT2D eigenvalue weighted by molar-refractivity contribution is -0.136. The van der Waals surface area contributed by atoms with Gasteiger partial charge >= 0.3 is 12.0 Å². The largest absolute Gasteiger partial charge is 0.466 e. The Kier molecular flexibility index (Phi) is 5.48. The molecule has 26 heavy (non-hydrogen) atoms. The van der Waals surface area contributed by atoms with Gasteiger partial charge in [0.2, 0.25) is 0 Å². The first-order valence-corrected chi connectivity index (χ1v) is 8.97. The maximum Gasteiger partial charge on any atom is 0.338 e. The number of thioether (sulfide) groups is 1. The number of esters is 1. The van der Waals surface area contributed by atoms with E-state index in [1.165, 1.54) is 25.2 Å². The molecule has 0 saturated carbocycles. The van der Waals surface area contributed by atoms with E-state index in [1.54, 1.807) is 36.0 Å². The van der Waals surface area contributed by atoms with Gasteiger partial charge in [-0.2, -0.15) is 5.10 Å². The lowest BCUT2D eigenvalue weighted by Crippen LogP contribution is -2.46. The first-order valence-electron chi connectivity index (χ1n) is 7.61. The molecule has 2 heterocycles. The molecule has 0 radical (unpaired) electrons. The second kappa shape index (κ2) is 7.79. The summed E-state index contributed by atoms with van der Waals surface area (Å²) in [5.41, 5.74) is 1.36. The highest BCUT2D eigenvalue weighted by atomic mass is 35.5. The van der Waals surface area contributed by atoms with Gasteiger partial charge in [0, 0.05) is 23.5 Å². The Morgan fingerprint density at radius 3 is 2.85 bits per heavy atom. The van der Waals surface area contributed by atoms with Crippen LogP contribution in [0.2, 0.25) is 5.02 Å². The Morgan fingerprint density at radius 2 is 2.19 bits per heavy atom. The minimum Gasteiger partial charge on any atom is -0.466 e. The second-order valence-electron chi connectivity index (χ2n) is 5.39. The Balaban J connectivity index is 2.00. The zero-order valence-electron chi connectivity index (χ0n) is 14.0. The molecular formula is C16H16ClN5O3S. The van der Waals surface area contributed by atoms with E-state index < -0.39 is 18.0 Å². The summed E-state index contributed by atoms with van der Waals surface area (Å²) in [4.78, 5) is 28.7. The number of aromatic nitrogens is 3. The van der Waals surface area contributed by atoms with Gasteiger partial charge in [-0.25, -0.2) is 19.3 Å². The van der Waals surface area contributed by atoms with Crippen molar-refractivity contribution in [3.63, 3.8) is 0 Å². The fourth-order valence-corrected chi connectivity index (χ4v) is 3.68. The van der Waals surface area contributed by atoms with Gasteiger partial charge in [0.1, 0.15) is 6.33 Å². The molecule has 1 aliphatic heterocycles. The van der Waals surface area contributed by atoms with Crippen molar-refractivity contribution in [2.75, 3.05) is 12.9 Å². The molecule has 136 valence electrons. The molecule has 1 aromatic carbocycles. The summed E-state index contributed by atoms with van der Waals surface area (Å²) in [7, 11) is 3.06. The molecule has 0 bridgehead atoms. The second-order valence-corrected chi connectivity index (χ2v) is 6.74. The number of nitrogens with one attached hydrogen (secondary N) is 2. The number of hydrogen-bond acceptors (Lipinski definition) is 6. The maximum absolute atomic E-state index is 12.5. The van der Waals surface area contributed by atoms with Gasteiger partial charge in [0.15, 0.2) is 5.16 Å². The van der Waals surface area contributed by atoms with Crippen molar-refractivity contribution >= 4 is 35.4 Å². The summed E-state index contributed by atoms with van der Waals surface area (Å²) in [5.74, 6) is -0.235. The lowest BCUT2D eigenvalue weighted by Gasteiger charge is -2.29. The van der Waals surface area contributed by atoms with Crippen molar-refractivity contribution in [3.05, 3.63) is 52.4 Å². The van der Waals surface area contributed by atoms with Crippen molar-refractivity contribution in [3.8, 4) is 0 Å². The average Bonchev–Trinajstić information content (AvgIpc) is 3.04. The fraction of sp³-hybridized carbons (Fsp3) is 0.250. The van der Waals surface area contributed by atoms with Crippen molar-refractivity contribution in [1.82, 2.24) is 25.4 Å². The van der Waals surface area contributed by atoms with Crippen LogP contribution in [0.5, 0.6) is 0 Å². The summed E-state index contributed by atoms with van der Waals surface area (Å²) >= 11 is 7.62. The normalized spacial score (nSPS) is 16.9. The third-order valence-electron chi connectivity index (χ3n) is 3.79. The van der Waals surface area contributed by atoms with Gasteiger partial charge in [-0.3, -0.25) is 0 Å². The van der Waals surface area contributed by atoms with Crippen molar-refractivity contribution in [2.24, 2.45) is 7.05 Å². The average molecular weight is 394 g/mol. The van der Waals surface area contributed by atoms with Crippen LogP contribution in [0.1, 0.15) is 11.6 Å². The summed E-state index contributed by atoms with van der Waals surface area (Å²) in [6.45, 7) is 0. The Bertz CT molecular complexity index is 882. The number of carbonyl (C=O) groups is 2. The van der Waals surface area contributed by atoms with Crippen LogP contribution < -0.4 is 10.6 Å². The van der Waals surface area contributed by atoms with Crippen LogP contribution in [-0.2, 0) is 16.6 Å². The predicted molar refractivity (Wildman–Crippen MR) is 96.6 cm³/mol. The molecule has 0 aliphatic carbocycles. The SMILES string of the molecule is COC(=O)C1=C(CSc2ncnn2C)NC(=O)N[C@@H]1c1ccccc1Cl. The summed E-state index contributed by atoms with van der Waals surface area (Å²) in [6, 6.07) is 5.90. The smallest absolute Gasteiger partial charge is 0.338 e. The first-order chi connectivity index (χ1) is 12.5. The number of ether oxygens (including phenoxy) is 1. The van der Waals surface area contributed by atoms with Crippen LogP contribution >= 0.6 is 23.4 Å². The molecule has 2 amide bonds. The topological polar surface area (TPSA) is 98.1 Å². The third kappa shape index (κ3) is 3.68. The molecule has 3 rings (SSSR count). The highest BCUT2D eigenvalue weighted by Gasteiger charge is 2.34. The van der Waals surface area contributed by atoms with Gasteiger partial charge in [0.05, 0.1) is 18.7 Å². The van der Waals surface area contributed by atoms with Crippen molar-refractivity contribution < 1.29 is 14.3 Å². The predicted octanol–water partition coefficient (Wildman–Crippen LogP) is 2.04. The molecule has 1 atom stereocenters. The van der Waals surface area contributed by atoms with E-state index in [4.69, 9.17) is 16.3 Å². The van der Waals surface area contributed by atoms with E-state index in [0.29, 0.717) is 32.8 Å². The summed E-state index contributed by atoms with van der Waals surface area (Å²) in [6.07, 6.45) is 1.44. The molecule has 1 aromatic heterocycles. The number of aryl methyl sites for hydroxylation is 1. The van der Waals surface area contributed by atoms with Gasteiger partial charge in [-0.15, -0.1) is 0 Å². The molecule has 0 spiro atoms. The van der Waals surface area contributed by atoms with Gasteiger partial charge in [-0.05, 0) is 11.6 Å². The van der Waals surface area contributed by atoms with E-state index in [9.17, 15) is 9.59 Å². The summed E-state index contributed by atoms with van der Waals surface area (Å²) in [5, 5.41) is 10.5. The standard InChI is InChI=1S/C16H16ClN5O3S/c1-22-16(18-8-19-22)26-7-11-12(14(23)25-2)13(21-15(24)20-11)9-5-3-4-6-10(9)17/h3-6,8,13H,7H2,1-2H3,(H2,20,21,24)/t13-/m1/s1. The van der Waals surface area contributed by atoms with Crippen LogP contribution in [0.4, 0.5) is 4.79 Å². The van der Waals surface area contributed by atoms with Crippen LogP contribution in [-0.4, -0.2) is 39.6 Å². The highest BCUT2D eigenvalue weighted by Crippen LogP contribution is 2.33. The van der Waals surface area contributed by atoms with Crippen molar-refractivity contribution in [2.45, 2.75) is 11.2 Å². The molecule has 1 aliphatic rings. The number of nitrogens with zero attached hydrogens (tertiary/aromatic N) is 3. The van der Waals surface area contributed by atoms with Gasteiger partial charge in [0.25, 0.3) is 0 Å². The van der Waals surface area contributed by atoms with Crippen LogP contribution in [0.25, 0.3) is 0 Å². The quantitative estimate of drug-likeness (QED) is 0.596. The monoisotopic (exact) mass is 393 g/mol.